The Bertz CT molecular complexity index is 294. The maximum Gasteiger partial charge on any atom is 0.315 e. The van der Waals surface area contributed by atoms with Gasteiger partial charge in [-0.1, -0.05) is 13.8 Å². The Morgan fingerprint density at radius 2 is 1.94 bits per heavy atom. The number of carbonyl (C=O) groups excluding carboxylic acids is 1. The first-order valence-electron chi connectivity index (χ1n) is 6.77. The molecule has 1 aliphatic rings. The van der Waals surface area contributed by atoms with Gasteiger partial charge in [-0.2, -0.15) is 0 Å². The van der Waals surface area contributed by atoms with E-state index in [4.69, 9.17) is 5.11 Å². The normalized spacial score (nSPS) is 26.9. The lowest BCUT2D eigenvalue weighted by atomic mass is 9.98. The minimum Gasteiger partial charge on any atom is -0.481 e. The van der Waals surface area contributed by atoms with Gasteiger partial charge in [-0.15, -0.1) is 0 Å². The van der Waals surface area contributed by atoms with Gasteiger partial charge in [0.15, 0.2) is 0 Å². The molecule has 2 amide bonds. The third-order valence-electron chi connectivity index (χ3n) is 3.88. The summed E-state index contributed by atoms with van der Waals surface area (Å²) in [6, 6.07) is 0.148. The first-order chi connectivity index (χ1) is 8.50. The summed E-state index contributed by atoms with van der Waals surface area (Å²) in [7, 11) is 0. The van der Waals surface area contributed by atoms with Crippen molar-refractivity contribution >= 4 is 12.0 Å². The van der Waals surface area contributed by atoms with Crippen LogP contribution in [0.25, 0.3) is 0 Å². The highest BCUT2D eigenvalue weighted by Crippen LogP contribution is 2.30. The summed E-state index contributed by atoms with van der Waals surface area (Å²) >= 11 is 0. The van der Waals surface area contributed by atoms with Crippen molar-refractivity contribution in [3.8, 4) is 0 Å². The van der Waals surface area contributed by atoms with E-state index in [1.807, 2.05) is 0 Å². The highest BCUT2D eigenvalue weighted by molar-refractivity contribution is 5.74. The number of hydrogen-bond donors (Lipinski definition) is 3. The van der Waals surface area contributed by atoms with Gasteiger partial charge >= 0.3 is 12.0 Å². The first-order valence-corrected chi connectivity index (χ1v) is 6.77. The van der Waals surface area contributed by atoms with Crippen LogP contribution >= 0.6 is 0 Å². The van der Waals surface area contributed by atoms with Gasteiger partial charge in [0.2, 0.25) is 0 Å². The highest BCUT2D eigenvalue weighted by Gasteiger charge is 2.30. The molecule has 1 rings (SSSR count). The zero-order valence-electron chi connectivity index (χ0n) is 11.2. The summed E-state index contributed by atoms with van der Waals surface area (Å²) in [6.07, 6.45) is 3.70. The molecule has 3 unspecified atom stereocenters. The summed E-state index contributed by atoms with van der Waals surface area (Å²) in [5.74, 6) is 0.418. The second kappa shape index (κ2) is 7.24. The van der Waals surface area contributed by atoms with Gasteiger partial charge in [-0.05, 0) is 37.5 Å². The first kappa shape index (κ1) is 14.8. The van der Waals surface area contributed by atoms with Crippen LogP contribution in [-0.2, 0) is 4.79 Å². The van der Waals surface area contributed by atoms with Crippen LogP contribution in [0.15, 0.2) is 0 Å². The third-order valence-corrected chi connectivity index (χ3v) is 3.88. The summed E-state index contributed by atoms with van der Waals surface area (Å²) in [5.41, 5.74) is 0. The number of carboxylic acids is 1. The topological polar surface area (TPSA) is 78.4 Å². The average Bonchev–Trinajstić information content (AvgIpc) is 2.60. The van der Waals surface area contributed by atoms with E-state index in [1.165, 1.54) is 6.42 Å². The van der Waals surface area contributed by atoms with Crippen molar-refractivity contribution in [2.24, 2.45) is 11.8 Å². The highest BCUT2D eigenvalue weighted by atomic mass is 16.4. The van der Waals surface area contributed by atoms with Crippen LogP contribution in [0.2, 0.25) is 0 Å². The number of nitrogens with one attached hydrogen (secondary N) is 2. The molecule has 5 heteroatoms. The molecule has 0 heterocycles. The van der Waals surface area contributed by atoms with Gasteiger partial charge < -0.3 is 15.7 Å². The zero-order chi connectivity index (χ0) is 13.5. The van der Waals surface area contributed by atoms with Gasteiger partial charge in [-0.25, -0.2) is 4.79 Å². The Morgan fingerprint density at radius 3 is 2.50 bits per heavy atom. The number of amides is 2. The molecule has 0 saturated heterocycles. The van der Waals surface area contributed by atoms with Crippen molar-refractivity contribution in [2.75, 3.05) is 6.54 Å². The van der Waals surface area contributed by atoms with Crippen molar-refractivity contribution in [1.29, 1.82) is 0 Å². The number of urea groups is 1. The fourth-order valence-electron chi connectivity index (χ4n) is 2.39. The van der Waals surface area contributed by atoms with E-state index in [-0.39, 0.29) is 18.5 Å². The molecule has 0 bridgehead atoms. The molecule has 0 radical (unpaired) electrons. The SMILES string of the molecule is CC1CCC(NC(=O)NCCCCC(=O)O)C1C. The van der Waals surface area contributed by atoms with Gasteiger partial charge in [0.1, 0.15) is 0 Å². The molecule has 104 valence electrons. The van der Waals surface area contributed by atoms with Crippen LogP contribution in [0.5, 0.6) is 0 Å². The summed E-state index contributed by atoms with van der Waals surface area (Å²) in [5, 5.41) is 14.2. The lowest BCUT2D eigenvalue weighted by Gasteiger charge is -2.19. The molecular weight excluding hydrogens is 232 g/mol. The zero-order valence-corrected chi connectivity index (χ0v) is 11.2. The van der Waals surface area contributed by atoms with E-state index in [1.54, 1.807) is 0 Å². The summed E-state index contributed by atoms with van der Waals surface area (Å²) in [6.45, 7) is 4.93. The Morgan fingerprint density at radius 1 is 1.22 bits per heavy atom. The quantitative estimate of drug-likeness (QED) is 0.636. The predicted molar refractivity (Wildman–Crippen MR) is 69.4 cm³/mol. The van der Waals surface area contributed by atoms with Crippen molar-refractivity contribution in [3.63, 3.8) is 0 Å². The Kier molecular flexibility index (Phi) is 5.95. The minimum absolute atomic E-state index is 0.128. The molecule has 1 fully saturated rings. The van der Waals surface area contributed by atoms with E-state index in [0.717, 1.165) is 6.42 Å². The monoisotopic (exact) mass is 256 g/mol. The molecule has 0 spiro atoms. The van der Waals surface area contributed by atoms with E-state index >= 15 is 0 Å². The fraction of sp³-hybridized carbons (Fsp3) is 0.846. The van der Waals surface area contributed by atoms with Gasteiger partial charge in [-0.3, -0.25) is 4.79 Å². The molecule has 18 heavy (non-hydrogen) atoms. The maximum atomic E-state index is 11.6. The minimum atomic E-state index is -0.784. The molecule has 1 saturated carbocycles. The number of carbonyl (C=O) groups is 2. The fourth-order valence-corrected chi connectivity index (χ4v) is 2.39. The largest absolute Gasteiger partial charge is 0.481 e. The molecular formula is C13H24N2O3. The summed E-state index contributed by atoms with van der Waals surface area (Å²) in [4.78, 5) is 21.9. The van der Waals surface area contributed by atoms with E-state index < -0.39 is 5.97 Å². The third kappa shape index (κ3) is 4.94. The molecule has 0 aromatic carbocycles. The van der Waals surface area contributed by atoms with Crippen LogP contribution in [0, 0.1) is 11.8 Å². The lowest BCUT2D eigenvalue weighted by Crippen LogP contribution is -2.43. The van der Waals surface area contributed by atoms with Crippen LogP contribution in [0.3, 0.4) is 0 Å². The van der Waals surface area contributed by atoms with E-state index in [0.29, 0.717) is 31.2 Å². The van der Waals surface area contributed by atoms with E-state index in [2.05, 4.69) is 24.5 Å². The molecule has 1 aliphatic carbocycles. The van der Waals surface area contributed by atoms with Gasteiger partial charge in [0.25, 0.3) is 0 Å². The van der Waals surface area contributed by atoms with Crippen molar-refractivity contribution in [3.05, 3.63) is 0 Å². The predicted octanol–water partition coefficient (Wildman–Crippen LogP) is 1.98. The Labute approximate surface area is 108 Å². The number of hydrogen-bond acceptors (Lipinski definition) is 2. The molecule has 5 nitrogen and oxygen atoms in total. The molecule has 3 N–H and O–H groups in total. The van der Waals surface area contributed by atoms with Crippen LogP contribution < -0.4 is 10.6 Å². The maximum absolute atomic E-state index is 11.6. The van der Waals surface area contributed by atoms with Crippen molar-refractivity contribution in [2.45, 2.75) is 52.0 Å². The smallest absolute Gasteiger partial charge is 0.315 e. The standard InChI is InChI=1S/C13H24N2O3/c1-9-6-7-11(10(9)2)15-13(18)14-8-4-3-5-12(16)17/h9-11H,3-8H2,1-2H3,(H,16,17)(H2,14,15,18). The van der Waals surface area contributed by atoms with Crippen molar-refractivity contribution < 1.29 is 14.7 Å². The van der Waals surface area contributed by atoms with E-state index in [9.17, 15) is 9.59 Å². The number of carboxylic acid groups (broad SMARTS) is 1. The second-order valence-electron chi connectivity index (χ2n) is 5.27. The van der Waals surface area contributed by atoms with Gasteiger partial charge in [0, 0.05) is 19.0 Å². The van der Waals surface area contributed by atoms with Crippen LogP contribution in [-0.4, -0.2) is 29.7 Å². The average molecular weight is 256 g/mol. The number of unbranched alkanes of at least 4 members (excludes halogenated alkanes) is 1. The molecule has 0 aromatic heterocycles. The molecule has 3 atom stereocenters. The van der Waals surface area contributed by atoms with Crippen LogP contribution in [0.1, 0.15) is 46.0 Å². The summed E-state index contributed by atoms with van der Waals surface area (Å²) < 4.78 is 0. The van der Waals surface area contributed by atoms with Crippen LogP contribution in [0.4, 0.5) is 4.79 Å². The molecule has 0 aliphatic heterocycles. The lowest BCUT2D eigenvalue weighted by molar-refractivity contribution is -0.137. The number of rotatable bonds is 6. The van der Waals surface area contributed by atoms with Gasteiger partial charge in [0.05, 0.1) is 0 Å². The molecule has 0 aromatic rings. The Balaban J connectivity index is 2.09. The Hall–Kier alpha value is -1.26. The second-order valence-corrected chi connectivity index (χ2v) is 5.27. The van der Waals surface area contributed by atoms with Crippen molar-refractivity contribution in [1.82, 2.24) is 10.6 Å². The number of aliphatic carboxylic acids is 1.